The maximum absolute atomic E-state index is 9.18. The summed E-state index contributed by atoms with van der Waals surface area (Å²) in [6, 6.07) is 7.90. The van der Waals surface area contributed by atoms with E-state index in [1.54, 1.807) is 6.07 Å². The third kappa shape index (κ3) is 2.78. The van der Waals surface area contributed by atoms with E-state index in [1.807, 2.05) is 6.07 Å². The molecule has 0 fully saturated rings. The molecule has 3 heteroatoms. The zero-order valence-corrected chi connectivity index (χ0v) is 11.1. The number of benzene rings is 1. The van der Waals surface area contributed by atoms with Crippen LogP contribution in [-0.2, 0) is 11.8 Å². The van der Waals surface area contributed by atoms with Gasteiger partial charge in [-0.2, -0.15) is 10.5 Å². The van der Waals surface area contributed by atoms with Crippen molar-refractivity contribution in [1.82, 2.24) is 0 Å². The number of rotatable bonds is 3. The van der Waals surface area contributed by atoms with Gasteiger partial charge in [0.2, 0.25) is 0 Å². The molecule has 0 spiro atoms. The molecule has 0 radical (unpaired) electrons. The number of nitrogens with zero attached hydrogens (tertiary/aromatic N) is 2. The van der Waals surface area contributed by atoms with Crippen molar-refractivity contribution in [3.8, 4) is 12.1 Å². The van der Waals surface area contributed by atoms with Crippen LogP contribution in [0.5, 0.6) is 0 Å². The van der Waals surface area contributed by atoms with E-state index >= 15 is 0 Å². The molecule has 0 aliphatic rings. The van der Waals surface area contributed by atoms with Gasteiger partial charge in [-0.15, -0.1) is 0 Å². The van der Waals surface area contributed by atoms with E-state index in [1.165, 1.54) is 0 Å². The molecule has 1 aromatic carbocycles. The summed E-state index contributed by atoms with van der Waals surface area (Å²) >= 11 is 6.10. The summed E-state index contributed by atoms with van der Waals surface area (Å²) < 4.78 is 0. The Kier molecular flexibility index (Phi) is 4.16. The molecule has 1 aromatic rings. The quantitative estimate of drug-likeness (QED) is 0.810. The first-order valence-electron chi connectivity index (χ1n) is 5.56. The van der Waals surface area contributed by atoms with E-state index in [2.05, 4.69) is 32.9 Å². The van der Waals surface area contributed by atoms with Crippen LogP contribution in [0.15, 0.2) is 12.1 Å². The van der Waals surface area contributed by atoms with Crippen LogP contribution in [0.3, 0.4) is 0 Å². The Bertz CT molecular complexity index is 504. The number of halogens is 1. The molecule has 1 rings (SSSR count). The third-order valence-corrected chi connectivity index (χ3v) is 3.46. The molecule has 0 heterocycles. The van der Waals surface area contributed by atoms with Crippen LogP contribution in [-0.4, -0.2) is 0 Å². The molecule has 0 saturated carbocycles. The molecule has 0 atom stereocenters. The lowest BCUT2D eigenvalue weighted by atomic mass is 9.79. The minimum absolute atomic E-state index is 0.111. The van der Waals surface area contributed by atoms with Crippen LogP contribution in [0.25, 0.3) is 0 Å². The van der Waals surface area contributed by atoms with E-state index in [0.29, 0.717) is 17.0 Å². The Balaban J connectivity index is 3.47. The fraction of sp³-hybridized carbons (Fsp3) is 0.429. The SMILES string of the molecule is CCC(C)(C)c1cc(CC#N)cc(Cl)c1C#N. The molecular formula is C14H15ClN2. The standard InChI is InChI=1S/C14H15ClN2/c1-4-14(2,3)12-7-10(5-6-16)8-13(15)11(12)9-17/h7-8H,4-5H2,1-3H3. The summed E-state index contributed by atoms with van der Waals surface area (Å²) in [6.45, 7) is 6.23. The number of hydrogen-bond donors (Lipinski definition) is 0. The van der Waals surface area contributed by atoms with Crippen molar-refractivity contribution in [3.63, 3.8) is 0 Å². The van der Waals surface area contributed by atoms with Gasteiger partial charge in [-0.25, -0.2) is 0 Å². The second kappa shape index (κ2) is 5.21. The first kappa shape index (κ1) is 13.6. The fourth-order valence-corrected chi connectivity index (χ4v) is 1.98. The van der Waals surface area contributed by atoms with E-state index in [9.17, 15) is 5.26 Å². The van der Waals surface area contributed by atoms with Gasteiger partial charge in [-0.3, -0.25) is 0 Å². The van der Waals surface area contributed by atoms with Crippen molar-refractivity contribution < 1.29 is 0 Å². The summed E-state index contributed by atoms with van der Waals surface area (Å²) in [5.74, 6) is 0. The highest BCUT2D eigenvalue weighted by molar-refractivity contribution is 6.31. The predicted molar refractivity (Wildman–Crippen MR) is 68.8 cm³/mol. The van der Waals surface area contributed by atoms with Gasteiger partial charge in [-0.05, 0) is 29.0 Å². The van der Waals surface area contributed by atoms with Crippen molar-refractivity contribution in [3.05, 3.63) is 33.8 Å². The van der Waals surface area contributed by atoms with E-state index in [0.717, 1.165) is 17.5 Å². The highest BCUT2D eigenvalue weighted by atomic mass is 35.5. The van der Waals surface area contributed by atoms with Crippen LogP contribution >= 0.6 is 11.6 Å². The van der Waals surface area contributed by atoms with E-state index < -0.39 is 0 Å². The van der Waals surface area contributed by atoms with Crippen LogP contribution in [0, 0.1) is 22.7 Å². The highest BCUT2D eigenvalue weighted by Gasteiger charge is 2.23. The Morgan fingerprint density at radius 2 is 1.94 bits per heavy atom. The molecule has 0 N–H and O–H groups in total. The van der Waals surface area contributed by atoms with Gasteiger partial charge < -0.3 is 0 Å². The molecule has 0 saturated heterocycles. The topological polar surface area (TPSA) is 47.6 Å². The molecule has 0 aliphatic carbocycles. The molecule has 2 nitrogen and oxygen atoms in total. The summed E-state index contributed by atoms with van der Waals surface area (Å²) in [6.07, 6.45) is 1.23. The molecule has 17 heavy (non-hydrogen) atoms. The van der Waals surface area contributed by atoms with Crippen LogP contribution in [0.2, 0.25) is 5.02 Å². The van der Waals surface area contributed by atoms with Crippen molar-refractivity contribution in [1.29, 1.82) is 10.5 Å². The smallest absolute Gasteiger partial charge is 0.101 e. The average molecular weight is 247 g/mol. The Morgan fingerprint density at radius 3 is 2.41 bits per heavy atom. The molecule has 88 valence electrons. The lowest BCUT2D eigenvalue weighted by Gasteiger charge is -2.25. The third-order valence-electron chi connectivity index (χ3n) is 3.16. The van der Waals surface area contributed by atoms with Gasteiger partial charge in [0, 0.05) is 0 Å². The Labute approximate surface area is 107 Å². The van der Waals surface area contributed by atoms with Gasteiger partial charge in [0.25, 0.3) is 0 Å². The van der Waals surface area contributed by atoms with Gasteiger partial charge >= 0.3 is 0 Å². The molecular weight excluding hydrogens is 232 g/mol. The van der Waals surface area contributed by atoms with Gasteiger partial charge in [0.05, 0.1) is 23.1 Å². The Morgan fingerprint density at radius 1 is 1.29 bits per heavy atom. The van der Waals surface area contributed by atoms with Crippen LogP contribution in [0.1, 0.15) is 43.9 Å². The minimum atomic E-state index is -0.111. The minimum Gasteiger partial charge on any atom is -0.198 e. The lowest BCUT2D eigenvalue weighted by molar-refractivity contribution is 0.504. The second-order valence-electron chi connectivity index (χ2n) is 4.68. The van der Waals surface area contributed by atoms with Crippen molar-refractivity contribution in [2.75, 3.05) is 0 Å². The van der Waals surface area contributed by atoms with Crippen molar-refractivity contribution in [2.24, 2.45) is 0 Å². The number of hydrogen-bond acceptors (Lipinski definition) is 2. The lowest BCUT2D eigenvalue weighted by Crippen LogP contribution is -2.18. The van der Waals surface area contributed by atoms with Crippen LogP contribution in [0.4, 0.5) is 0 Å². The van der Waals surface area contributed by atoms with Crippen molar-refractivity contribution in [2.45, 2.75) is 39.0 Å². The number of nitriles is 2. The summed E-state index contributed by atoms with van der Waals surface area (Å²) in [7, 11) is 0. The van der Waals surface area contributed by atoms with Crippen molar-refractivity contribution >= 4 is 11.6 Å². The average Bonchev–Trinajstić information content (AvgIpc) is 2.28. The molecule has 0 amide bonds. The second-order valence-corrected chi connectivity index (χ2v) is 5.09. The molecule has 0 unspecified atom stereocenters. The first-order chi connectivity index (χ1) is 7.96. The molecule has 0 aliphatic heterocycles. The van der Waals surface area contributed by atoms with Gasteiger partial charge in [0.1, 0.15) is 6.07 Å². The summed E-state index contributed by atoms with van der Waals surface area (Å²) in [5.41, 5.74) is 2.22. The normalized spacial score (nSPS) is 10.7. The molecule has 0 aromatic heterocycles. The van der Waals surface area contributed by atoms with Gasteiger partial charge in [0.15, 0.2) is 0 Å². The van der Waals surface area contributed by atoms with Gasteiger partial charge in [-0.1, -0.05) is 38.4 Å². The van der Waals surface area contributed by atoms with Crippen LogP contribution < -0.4 is 0 Å². The predicted octanol–water partition coefficient (Wildman–Crippen LogP) is 3.97. The largest absolute Gasteiger partial charge is 0.198 e. The zero-order valence-electron chi connectivity index (χ0n) is 10.3. The first-order valence-corrected chi connectivity index (χ1v) is 5.94. The molecule has 0 bridgehead atoms. The summed E-state index contributed by atoms with van der Waals surface area (Å²) in [4.78, 5) is 0. The van der Waals surface area contributed by atoms with E-state index in [4.69, 9.17) is 16.9 Å². The maximum atomic E-state index is 9.18. The summed E-state index contributed by atoms with van der Waals surface area (Å²) in [5, 5.41) is 18.4. The van der Waals surface area contributed by atoms with E-state index in [-0.39, 0.29) is 5.41 Å². The Hall–Kier alpha value is -1.51. The monoisotopic (exact) mass is 246 g/mol. The fourth-order valence-electron chi connectivity index (χ4n) is 1.69. The highest BCUT2D eigenvalue weighted by Crippen LogP contribution is 2.34. The zero-order chi connectivity index (χ0) is 13.1. The maximum Gasteiger partial charge on any atom is 0.101 e.